The summed E-state index contributed by atoms with van der Waals surface area (Å²) in [6.07, 6.45) is 2.69. The van der Waals surface area contributed by atoms with Gasteiger partial charge in [-0.05, 0) is 30.7 Å². The first-order chi connectivity index (χ1) is 10.0. The Morgan fingerprint density at radius 1 is 1.43 bits per heavy atom. The smallest absolute Gasteiger partial charge is 0.108 e. The van der Waals surface area contributed by atoms with Crippen LogP contribution >= 0.6 is 11.8 Å². The van der Waals surface area contributed by atoms with Crippen LogP contribution in [0.2, 0.25) is 0 Å². The molecule has 1 heterocycles. The third kappa shape index (κ3) is 3.62. The summed E-state index contributed by atoms with van der Waals surface area (Å²) in [5.41, 5.74) is 8.11. The minimum absolute atomic E-state index is 0.300. The maximum absolute atomic E-state index is 5.87. The van der Waals surface area contributed by atoms with E-state index in [1.165, 1.54) is 10.5 Å². The van der Waals surface area contributed by atoms with Crippen molar-refractivity contribution >= 4 is 17.6 Å². The number of benzene rings is 1. The molecule has 0 aromatic heterocycles. The first-order valence-corrected chi connectivity index (χ1v) is 8.49. The lowest BCUT2D eigenvalue weighted by atomic mass is 9.99. The van der Waals surface area contributed by atoms with Crippen molar-refractivity contribution in [3.8, 4) is 0 Å². The van der Waals surface area contributed by atoms with Gasteiger partial charge in [-0.25, -0.2) is 4.99 Å². The molecule has 114 valence electrons. The minimum atomic E-state index is 0.300. The number of nitrogens with zero attached hydrogens (tertiary/aromatic N) is 2. The highest BCUT2D eigenvalue weighted by molar-refractivity contribution is 7.99. The molecule has 1 aromatic carbocycles. The molecule has 1 unspecified atom stereocenters. The molecule has 2 N–H and O–H groups in total. The molecule has 4 heteroatoms. The van der Waals surface area contributed by atoms with E-state index in [1.807, 2.05) is 11.8 Å². The van der Waals surface area contributed by atoms with Crippen LogP contribution < -0.4 is 5.73 Å². The zero-order valence-electron chi connectivity index (χ0n) is 13.3. The summed E-state index contributed by atoms with van der Waals surface area (Å²) in [5, 5.41) is 0. The maximum atomic E-state index is 5.87. The van der Waals surface area contributed by atoms with Gasteiger partial charge in [0.2, 0.25) is 0 Å². The van der Waals surface area contributed by atoms with E-state index in [1.54, 1.807) is 6.20 Å². The maximum Gasteiger partial charge on any atom is 0.108 e. The molecule has 0 saturated heterocycles. The van der Waals surface area contributed by atoms with Crippen molar-refractivity contribution < 1.29 is 0 Å². The van der Waals surface area contributed by atoms with E-state index in [9.17, 15) is 0 Å². The summed E-state index contributed by atoms with van der Waals surface area (Å²) in [4.78, 5) is 8.20. The fourth-order valence-electron chi connectivity index (χ4n) is 2.73. The Morgan fingerprint density at radius 3 is 2.81 bits per heavy atom. The number of rotatable bonds is 4. The van der Waals surface area contributed by atoms with E-state index in [0.717, 1.165) is 23.7 Å². The Hall–Kier alpha value is -1.42. The first kappa shape index (κ1) is 16.0. The van der Waals surface area contributed by atoms with Gasteiger partial charge < -0.3 is 10.6 Å². The number of thioether (sulfide) groups is 1. The zero-order valence-corrected chi connectivity index (χ0v) is 14.2. The fraction of sp³-hybridized carbons (Fsp3) is 0.471. The molecule has 0 radical (unpaired) electrons. The Labute approximate surface area is 132 Å². The third-order valence-corrected chi connectivity index (χ3v) is 4.93. The highest BCUT2D eigenvalue weighted by atomic mass is 32.2. The minimum Gasteiger partial charge on any atom is -0.401 e. The Balaban J connectivity index is 2.25. The number of aliphatic imine (C=N–C) groups is 1. The summed E-state index contributed by atoms with van der Waals surface area (Å²) in [7, 11) is 2.13. The van der Waals surface area contributed by atoms with Gasteiger partial charge in [0.25, 0.3) is 0 Å². The number of nitrogens with two attached hydrogens (primary N) is 1. The molecule has 0 fully saturated rings. The van der Waals surface area contributed by atoms with E-state index in [-0.39, 0.29) is 0 Å². The second-order valence-electron chi connectivity index (χ2n) is 5.55. The first-order valence-electron chi connectivity index (χ1n) is 7.51. The molecular formula is C17H25N3S. The van der Waals surface area contributed by atoms with E-state index < -0.39 is 0 Å². The average Bonchev–Trinajstić information content (AvgIpc) is 2.47. The van der Waals surface area contributed by atoms with Gasteiger partial charge in [-0.2, -0.15) is 0 Å². The molecule has 2 rings (SSSR count). The molecule has 0 spiro atoms. The molecule has 2 atom stereocenters. The second-order valence-corrected chi connectivity index (χ2v) is 6.86. The highest BCUT2D eigenvalue weighted by Crippen LogP contribution is 2.31. The largest absolute Gasteiger partial charge is 0.401 e. The van der Waals surface area contributed by atoms with Gasteiger partial charge in [0.1, 0.15) is 5.84 Å². The van der Waals surface area contributed by atoms with Crippen LogP contribution in [0.25, 0.3) is 0 Å². The van der Waals surface area contributed by atoms with Crippen LogP contribution in [-0.2, 0) is 0 Å². The molecule has 1 aromatic rings. The van der Waals surface area contributed by atoms with E-state index >= 15 is 0 Å². The molecular weight excluding hydrogens is 278 g/mol. The molecule has 1 aliphatic rings. The molecule has 0 aliphatic carbocycles. The molecule has 0 amide bonds. The number of allylic oxidation sites excluding steroid dienone is 1. The molecule has 3 nitrogen and oxygen atoms in total. The molecule has 0 saturated carbocycles. The quantitative estimate of drug-likeness (QED) is 0.854. The van der Waals surface area contributed by atoms with Gasteiger partial charge in [0.05, 0.1) is 6.04 Å². The second kappa shape index (κ2) is 7.03. The third-order valence-electron chi connectivity index (χ3n) is 3.96. The topological polar surface area (TPSA) is 41.6 Å². The normalized spacial score (nSPS) is 19.7. The fourth-order valence-corrected chi connectivity index (χ4v) is 3.62. The Kier molecular flexibility index (Phi) is 5.34. The van der Waals surface area contributed by atoms with Gasteiger partial charge >= 0.3 is 0 Å². The summed E-state index contributed by atoms with van der Waals surface area (Å²) in [6.45, 7) is 6.62. The van der Waals surface area contributed by atoms with Crippen molar-refractivity contribution in [1.82, 2.24) is 4.90 Å². The van der Waals surface area contributed by atoms with Crippen LogP contribution in [0.1, 0.15) is 38.8 Å². The van der Waals surface area contributed by atoms with Crippen molar-refractivity contribution in [3.63, 3.8) is 0 Å². The van der Waals surface area contributed by atoms with Crippen LogP contribution in [0.15, 0.2) is 46.1 Å². The van der Waals surface area contributed by atoms with Crippen LogP contribution in [-0.4, -0.2) is 23.5 Å². The van der Waals surface area contributed by atoms with Crippen molar-refractivity contribution in [3.05, 3.63) is 41.7 Å². The SMILES string of the molecule is CCSc1ccccc1[C@@H](C)N(C)C1=NC=C(N)CC1C. The summed E-state index contributed by atoms with van der Waals surface area (Å²) in [6, 6.07) is 8.95. The number of amidine groups is 1. The molecule has 21 heavy (non-hydrogen) atoms. The number of hydrogen-bond donors (Lipinski definition) is 1. The molecule has 0 bridgehead atoms. The number of hydrogen-bond acceptors (Lipinski definition) is 4. The van der Waals surface area contributed by atoms with Gasteiger partial charge in [0, 0.05) is 29.8 Å². The monoisotopic (exact) mass is 303 g/mol. The van der Waals surface area contributed by atoms with Crippen molar-refractivity contribution in [1.29, 1.82) is 0 Å². The lowest BCUT2D eigenvalue weighted by Gasteiger charge is -2.33. The van der Waals surface area contributed by atoms with Gasteiger partial charge in [-0.15, -0.1) is 11.8 Å². The summed E-state index contributed by atoms with van der Waals surface area (Å²) < 4.78 is 0. The predicted molar refractivity (Wildman–Crippen MR) is 92.5 cm³/mol. The summed E-state index contributed by atoms with van der Waals surface area (Å²) in [5.74, 6) is 2.57. The lowest BCUT2D eigenvalue weighted by molar-refractivity contribution is 0.374. The Bertz CT molecular complexity index is 551. The zero-order chi connectivity index (χ0) is 15.4. The van der Waals surface area contributed by atoms with Crippen molar-refractivity contribution in [2.75, 3.05) is 12.8 Å². The average molecular weight is 303 g/mol. The summed E-state index contributed by atoms with van der Waals surface area (Å²) >= 11 is 1.90. The van der Waals surface area contributed by atoms with Gasteiger partial charge in [-0.3, -0.25) is 0 Å². The standard InChI is InChI=1S/C17H25N3S/c1-5-21-16-9-7-6-8-15(16)13(3)20(4)17-12(2)10-14(18)11-19-17/h6-9,11-13H,5,10,18H2,1-4H3/t12?,13-/m1/s1. The lowest BCUT2D eigenvalue weighted by Crippen LogP contribution is -2.36. The van der Waals surface area contributed by atoms with Crippen LogP contribution in [0.3, 0.4) is 0 Å². The van der Waals surface area contributed by atoms with E-state index in [0.29, 0.717) is 12.0 Å². The Morgan fingerprint density at radius 2 is 2.14 bits per heavy atom. The van der Waals surface area contributed by atoms with Crippen LogP contribution in [0.5, 0.6) is 0 Å². The van der Waals surface area contributed by atoms with Crippen molar-refractivity contribution in [2.24, 2.45) is 16.6 Å². The highest BCUT2D eigenvalue weighted by Gasteiger charge is 2.24. The molecule has 1 aliphatic heterocycles. The van der Waals surface area contributed by atoms with E-state index in [2.05, 4.69) is 62.0 Å². The van der Waals surface area contributed by atoms with Crippen LogP contribution in [0.4, 0.5) is 0 Å². The van der Waals surface area contributed by atoms with Gasteiger partial charge in [0.15, 0.2) is 0 Å². The van der Waals surface area contributed by atoms with Gasteiger partial charge in [-0.1, -0.05) is 32.0 Å². The van der Waals surface area contributed by atoms with Crippen LogP contribution in [0, 0.1) is 5.92 Å². The van der Waals surface area contributed by atoms with E-state index in [4.69, 9.17) is 5.73 Å². The van der Waals surface area contributed by atoms with Crippen molar-refractivity contribution in [2.45, 2.75) is 38.1 Å². The predicted octanol–water partition coefficient (Wildman–Crippen LogP) is 4.03.